The minimum atomic E-state index is -1.21. The Hall–Kier alpha value is -1.83. The molecule has 120 valence electrons. The van der Waals surface area contributed by atoms with E-state index in [1.165, 1.54) is 7.11 Å². The van der Waals surface area contributed by atoms with Gasteiger partial charge in [-0.2, -0.15) is 0 Å². The van der Waals surface area contributed by atoms with Gasteiger partial charge in [-0.1, -0.05) is 19.3 Å². The molecule has 1 fully saturated rings. The van der Waals surface area contributed by atoms with Crippen LogP contribution in [-0.4, -0.2) is 55.4 Å². The molecule has 0 radical (unpaired) electrons. The summed E-state index contributed by atoms with van der Waals surface area (Å²) in [6, 6.07) is -0.638. The molecule has 8 nitrogen and oxygen atoms in total. The molecule has 0 unspecified atom stereocenters. The Labute approximate surface area is 123 Å². The lowest BCUT2D eigenvalue weighted by atomic mass is 9.82. The maximum Gasteiger partial charge on any atom is 0.329 e. The summed E-state index contributed by atoms with van der Waals surface area (Å²) in [4.78, 5) is 34.6. The highest BCUT2D eigenvalue weighted by molar-refractivity contribution is 5.88. The Morgan fingerprint density at radius 2 is 1.81 bits per heavy atom. The van der Waals surface area contributed by atoms with E-state index in [1.807, 2.05) is 0 Å². The number of carboxylic acids is 1. The number of methoxy groups -OCH3 is 1. The Bertz CT molecular complexity index is 380. The van der Waals surface area contributed by atoms with Crippen molar-refractivity contribution in [3.8, 4) is 0 Å². The van der Waals surface area contributed by atoms with Crippen molar-refractivity contribution in [2.24, 2.45) is 0 Å². The number of rotatable bonds is 7. The van der Waals surface area contributed by atoms with Crippen LogP contribution in [0.15, 0.2) is 0 Å². The van der Waals surface area contributed by atoms with Crippen molar-refractivity contribution in [1.82, 2.24) is 16.0 Å². The number of aliphatic carboxylic acids is 1. The van der Waals surface area contributed by atoms with Crippen LogP contribution in [0.2, 0.25) is 0 Å². The molecule has 1 rings (SSSR count). The van der Waals surface area contributed by atoms with E-state index in [0.29, 0.717) is 26.0 Å². The van der Waals surface area contributed by atoms with Crippen molar-refractivity contribution in [2.75, 3.05) is 26.8 Å². The largest absolute Gasteiger partial charge is 0.480 e. The van der Waals surface area contributed by atoms with E-state index >= 15 is 0 Å². The Morgan fingerprint density at radius 3 is 2.38 bits per heavy atom. The van der Waals surface area contributed by atoms with Gasteiger partial charge in [-0.3, -0.25) is 4.79 Å². The van der Waals surface area contributed by atoms with Crippen LogP contribution in [0.3, 0.4) is 0 Å². The highest BCUT2D eigenvalue weighted by Crippen LogP contribution is 2.28. The normalized spacial score (nSPS) is 16.8. The van der Waals surface area contributed by atoms with Crippen molar-refractivity contribution in [2.45, 2.75) is 37.6 Å². The highest BCUT2D eigenvalue weighted by atomic mass is 16.5. The zero-order chi connectivity index (χ0) is 15.7. The minimum absolute atomic E-state index is 0.203. The van der Waals surface area contributed by atoms with Gasteiger partial charge in [0.05, 0.1) is 13.2 Å². The fourth-order valence-corrected chi connectivity index (χ4v) is 2.32. The van der Waals surface area contributed by atoms with Gasteiger partial charge in [-0.25, -0.2) is 9.59 Å². The van der Waals surface area contributed by atoms with Crippen LogP contribution in [-0.2, 0) is 14.3 Å². The molecule has 1 aliphatic carbocycles. The molecule has 0 aromatic rings. The minimum Gasteiger partial charge on any atom is -0.480 e. The zero-order valence-electron chi connectivity index (χ0n) is 12.2. The number of amides is 3. The number of carboxylic acid groups (broad SMARTS) is 1. The number of nitrogens with one attached hydrogen (secondary N) is 3. The van der Waals surface area contributed by atoms with Crippen molar-refractivity contribution in [1.29, 1.82) is 0 Å². The van der Waals surface area contributed by atoms with E-state index in [2.05, 4.69) is 16.0 Å². The van der Waals surface area contributed by atoms with E-state index in [-0.39, 0.29) is 12.5 Å². The first-order chi connectivity index (χ1) is 10.00. The van der Waals surface area contributed by atoms with Crippen molar-refractivity contribution in [3.05, 3.63) is 0 Å². The third kappa shape index (κ3) is 5.58. The fraction of sp³-hybridized carbons (Fsp3) is 0.769. The van der Waals surface area contributed by atoms with Gasteiger partial charge in [0, 0.05) is 13.7 Å². The smallest absolute Gasteiger partial charge is 0.329 e. The standard InChI is InChI=1S/C13H23N3O5/c1-21-8-7-14-10(17)9-15-12(20)16-13(11(18)19)5-3-2-4-6-13/h2-9H2,1H3,(H,14,17)(H,18,19)(H2,15,16,20). The summed E-state index contributed by atoms with van der Waals surface area (Å²) in [6.07, 6.45) is 3.33. The van der Waals surface area contributed by atoms with Crippen molar-refractivity contribution < 1.29 is 24.2 Å². The molecule has 0 bridgehead atoms. The first-order valence-corrected chi connectivity index (χ1v) is 7.05. The molecule has 0 heterocycles. The summed E-state index contributed by atoms with van der Waals surface area (Å²) in [7, 11) is 1.52. The molecule has 3 amide bonds. The number of ether oxygens (including phenoxy) is 1. The van der Waals surface area contributed by atoms with Crippen LogP contribution < -0.4 is 16.0 Å². The molecule has 0 saturated heterocycles. The maximum atomic E-state index is 11.8. The molecule has 1 saturated carbocycles. The van der Waals surface area contributed by atoms with Gasteiger partial charge in [0.25, 0.3) is 0 Å². The van der Waals surface area contributed by atoms with E-state index in [1.54, 1.807) is 0 Å². The van der Waals surface area contributed by atoms with Gasteiger partial charge >= 0.3 is 12.0 Å². The molecular weight excluding hydrogens is 278 g/mol. The summed E-state index contributed by atoms with van der Waals surface area (Å²) in [5, 5.41) is 16.7. The first kappa shape index (κ1) is 17.2. The lowest BCUT2D eigenvalue weighted by Gasteiger charge is -2.33. The van der Waals surface area contributed by atoms with E-state index in [4.69, 9.17) is 4.74 Å². The van der Waals surface area contributed by atoms with Crippen molar-refractivity contribution >= 4 is 17.9 Å². The molecule has 8 heteroatoms. The van der Waals surface area contributed by atoms with Crippen LogP contribution in [0.4, 0.5) is 4.79 Å². The summed E-state index contributed by atoms with van der Waals surface area (Å²) >= 11 is 0. The van der Waals surface area contributed by atoms with Crippen LogP contribution in [0, 0.1) is 0 Å². The molecule has 0 spiro atoms. The molecule has 0 aliphatic heterocycles. The molecular formula is C13H23N3O5. The molecule has 21 heavy (non-hydrogen) atoms. The van der Waals surface area contributed by atoms with Gasteiger partial charge < -0.3 is 25.8 Å². The third-order valence-electron chi connectivity index (χ3n) is 3.51. The van der Waals surface area contributed by atoms with Crippen LogP contribution in [0.5, 0.6) is 0 Å². The Balaban J connectivity index is 2.37. The molecule has 4 N–H and O–H groups in total. The number of hydrogen-bond donors (Lipinski definition) is 4. The Kier molecular flexibility index (Phi) is 6.93. The number of urea groups is 1. The molecule has 1 aliphatic rings. The zero-order valence-corrected chi connectivity index (χ0v) is 12.2. The SMILES string of the molecule is COCCNC(=O)CNC(=O)NC1(C(=O)O)CCCCC1. The fourth-order valence-electron chi connectivity index (χ4n) is 2.32. The lowest BCUT2D eigenvalue weighted by molar-refractivity contribution is -0.145. The van der Waals surface area contributed by atoms with Gasteiger partial charge in [-0.15, -0.1) is 0 Å². The molecule has 0 aromatic carbocycles. The van der Waals surface area contributed by atoms with Gasteiger partial charge in [-0.05, 0) is 12.8 Å². The number of carbonyl (C=O) groups excluding carboxylic acids is 2. The van der Waals surface area contributed by atoms with E-state index in [0.717, 1.165) is 19.3 Å². The summed E-state index contributed by atoms with van der Waals surface area (Å²) in [5.74, 6) is -1.38. The molecule has 0 aromatic heterocycles. The average Bonchev–Trinajstić information content (AvgIpc) is 2.46. The summed E-state index contributed by atoms with van der Waals surface area (Å²) in [6.45, 7) is 0.545. The van der Waals surface area contributed by atoms with E-state index < -0.39 is 17.5 Å². The Morgan fingerprint density at radius 1 is 1.14 bits per heavy atom. The topological polar surface area (TPSA) is 117 Å². The molecule has 0 atom stereocenters. The monoisotopic (exact) mass is 301 g/mol. The first-order valence-electron chi connectivity index (χ1n) is 7.05. The van der Waals surface area contributed by atoms with Gasteiger partial charge in [0.2, 0.25) is 5.91 Å². The third-order valence-corrected chi connectivity index (χ3v) is 3.51. The maximum absolute atomic E-state index is 11.8. The average molecular weight is 301 g/mol. The van der Waals surface area contributed by atoms with E-state index in [9.17, 15) is 19.5 Å². The van der Waals surface area contributed by atoms with Crippen LogP contribution in [0.1, 0.15) is 32.1 Å². The quantitative estimate of drug-likeness (QED) is 0.487. The second kappa shape index (κ2) is 8.46. The van der Waals surface area contributed by atoms with Crippen molar-refractivity contribution in [3.63, 3.8) is 0 Å². The van der Waals surface area contributed by atoms with Gasteiger partial charge in [0.1, 0.15) is 5.54 Å². The van der Waals surface area contributed by atoms with Crippen LogP contribution >= 0.6 is 0 Å². The highest BCUT2D eigenvalue weighted by Gasteiger charge is 2.40. The lowest BCUT2D eigenvalue weighted by Crippen LogP contribution is -2.58. The predicted molar refractivity (Wildman–Crippen MR) is 74.9 cm³/mol. The summed E-state index contributed by atoms with van der Waals surface area (Å²) < 4.78 is 4.78. The number of hydrogen-bond acceptors (Lipinski definition) is 4. The van der Waals surface area contributed by atoms with Crippen LogP contribution in [0.25, 0.3) is 0 Å². The predicted octanol–water partition coefficient (Wildman–Crippen LogP) is -0.164. The number of carbonyl (C=O) groups is 3. The van der Waals surface area contributed by atoms with Gasteiger partial charge in [0.15, 0.2) is 0 Å². The summed E-state index contributed by atoms with van der Waals surface area (Å²) in [5.41, 5.74) is -1.21. The second-order valence-electron chi connectivity index (χ2n) is 5.10. The second-order valence-corrected chi connectivity index (χ2v) is 5.10.